The summed E-state index contributed by atoms with van der Waals surface area (Å²) in [5.74, 6) is 1.18. The molecule has 0 aliphatic heterocycles. The third kappa shape index (κ3) is 3.86. The Kier molecular flexibility index (Phi) is 5.65. The zero-order chi connectivity index (χ0) is 34.4. The Labute approximate surface area is 288 Å². The molecule has 0 aliphatic carbocycles. The third-order valence-electron chi connectivity index (χ3n) is 9.59. The van der Waals surface area contributed by atoms with Gasteiger partial charge in [-0.15, -0.1) is 0 Å². The fourth-order valence-corrected chi connectivity index (χ4v) is 7.37. The molecule has 4 aromatic heterocycles. The molecule has 4 heterocycles. The maximum atomic E-state index is 9.85. The average Bonchev–Trinajstić information content (AvgIpc) is 3.77. The van der Waals surface area contributed by atoms with Crippen LogP contribution in [0.1, 0.15) is 11.1 Å². The summed E-state index contributed by atoms with van der Waals surface area (Å²) >= 11 is 0. The number of fused-ring (bicyclic) bond motifs is 16. The van der Waals surface area contributed by atoms with Gasteiger partial charge in [0.25, 0.3) is 0 Å². The molecule has 6 aromatic carbocycles. The van der Waals surface area contributed by atoms with E-state index in [1.54, 1.807) is 24.3 Å². The van der Waals surface area contributed by atoms with E-state index in [-0.39, 0.29) is 0 Å². The van der Waals surface area contributed by atoms with E-state index < -0.39 is 0 Å². The maximum absolute atomic E-state index is 9.85. The molecule has 0 saturated heterocycles. The highest BCUT2D eigenvalue weighted by Gasteiger charge is 2.19. The van der Waals surface area contributed by atoms with Crippen LogP contribution in [0.15, 0.2) is 109 Å². The fourth-order valence-electron chi connectivity index (χ4n) is 7.37. The number of imidazole rings is 2. The Morgan fingerprint density at radius 1 is 0.510 bits per heavy atom. The van der Waals surface area contributed by atoms with Gasteiger partial charge in [-0.25, -0.2) is 9.97 Å². The second kappa shape index (κ2) is 10.3. The summed E-state index contributed by atoms with van der Waals surface area (Å²) < 4.78 is 10.7. The number of benzene rings is 6. The second-order valence-corrected chi connectivity index (χ2v) is 12.3. The molecule has 9 nitrogen and oxygen atoms in total. The van der Waals surface area contributed by atoms with E-state index >= 15 is 0 Å². The summed E-state index contributed by atoms with van der Waals surface area (Å²) in [7, 11) is 0. The Hall–Kier alpha value is -7.98. The molecule has 51 heavy (non-hydrogen) atoms. The summed E-state index contributed by atoms with van der Waals surface area (Å²) in [6.07, 6.45) is 0. The van der Waals surface area contributed by atoms with Gasteiger partial charge in [-0.1, -0.05) is 30.3 Å². The van der Waals surface area contributed by atoms with Gasteiger partial charge >= 0.3 is 0 Å². The highest BCUT2D eigenvalue weighted by Crippen LogP contribution is 2.41. The minimum Gasteiger partial charge on any atom is -0.457 e. The van der Waals surface area contributed by atoms with Gasteiger partial charge in [0, 0.05) is 21.7 Å². The van der Waals surface area contributed by atoms with Crippen LogP contribution in [0.2, 0.25) is 0 Å². The molecule has 0 amide bonds. The third-order valence-corrected chi connectivity index (χ3v) is 9.59. The molecule has 0 fully saturated rings. The van der Waals surface area contributed by atoms with Gasteiger partial charge in [-0.05, 0) is 95.0 Å². The number of nitrogens with zero attached hydrogens (tertiary/aromatic N) is 8. The van der Waals surface area contributed by atoms with Crippen molar-refractivity contribution in [2.45, 2.75) is 0 Å². The average molecular weight is 651 g/mol. The second-order valence-electron chi connectivity index (χ2n) is 12.3. The van der Waals surface area contributed by atoms with Crippen molar-refractivity contribution in [3.8, 4) is 23.6 Å². The Bertz CT molecular complexity index is 3170. The van der Waals surface area contributed by atoms with Crippen molar-refractivity contribution in [2.24, 2.45) is 0 Å². The van der Waals surface area contributed by atoms with Crippen LogP contribution in [0.4, 0.5) is 11.4 Å². The van der Waals surface area contributed by atoms with Gasteiger partial charge in [0.2, 0.25) is 0 Å². The number of para-hydroxylation sites is 4. The minimum absolute atomic E-state index is 0.300. The molecule has 0 radical (unpaired) electrons. The van der Waals surface area contributed by atoms with Crippen LogP contribution >= 0.6 is 0 Å². The molecule has 0 atom stereocenters. The van der Waals surface area contributed by atoms with Crippen molar-refractivity contribution < 1.29 is 4.74 Å². The number of pyridine rings is 2. The van der Waals surface area contributed by atoms with Crippen LogP contribution in [0, 0.1) is 35.8 Å². The van der Waals surface area contributed by atoms with Crippen molar-refractivity contribution in [1.82, 2.24) is 18.8 Å². The molecule has 0 bridgehead atoms. The van der Waals surface area contributed by atoms with Crippen LogP contribution in [0.3, 0.4) is 0 Å². The number of hydrogen-bond acceptors (Lipinski definition) is 5. The molecule has 10 aromatic rings. The molecule has 0 N–H and O–H groups in total. The minimum atomic E-state index is 0.300. The first-order valence-corrected chi connectivity index (χ1v) is 15.9. The van der Waals surface area contributed by atoms with Crippen LogP contribution in [0.5, 0.6) is 11.5 Å². The van der Waals surface area contributed by atoms with Gasteiger partial charge in [-0.2, -0.15) is 10.5 Å². The SMILES string of the molecule is [C-]#[N+]c1cc2c3ccc(Oc4ccc5c6cc(C#N)c(C#N)cc6n6c7ccccc7nc6c5c4)cc3c3nc4ccccc4n3c2cc1[N+]#[C-]. The molecule has 0 unspecified atom stereocenters. The lowest BCUT2D eigenvalue weighted by Crippen LogP contribution is -1.95. The van der Waals surface area contributed by atoms with E-state index in [1.807, 2.05) is 93.7 Å². The predicted molar refractivity (Wildman–Crippen MR) is 197 cm³/mol. The molecule has 9 heteroatoms. The van der Waals surface area contributed by atoms with Gasteiger partial charge in [0.05, 0.1) is 51.9 Å². The van der Waals surface area contributed by atoms with E-state index in [4.69, 9.17) is 27.8 Å². The lowest BCUT2D eigenvalue weighted by Gasteiger charge is -2.14. The maximum Gasteiger partial charge on any atom is 0.196 e. The zero-order valence-corrected chi connectivity index (χ0v) is 26.4. The van der Waals surface area contributed by atoms with E-state index in [2.05, 4.69) is 21.8 Å². The summed E-state index contributed by atoms with van der Waals surface area (Å²) in [4.78, 5) is 17.3. The lowest BCUT2D eigenvalue weighted by atomic mass is 10.0. The van der Waals surface area contributed by atoms with E-state index in [0.717, 1.165) is 71.1 Å². The standard InChI is InChI=1S/C42H18N8O/c1-45-35-19-30-28-14-12-26(18-32(28)42-48-34-8-4-6-10-38(34)50(42)40(30)20-36(35)46-2)51-25-11-13-27-29-15-23(21-43)24(22-44)16-39(29)49-37-9-5-3-7-33(37)47-41(49)31(27)17-25/h3-20H. The van der Waals surface area contributed by atoms with Crippen molar-refractivity contribution in [3.05, 3.63) is 143 Å². The van der Waals surface area contributed by atoms with Crippen molar-refractivity contribution in [2.75, 3.05) is 0 Å². The largest absolute Gasteiger partial charge is 0.457 e. The van der Waals surface area contributed by atoms with E-state index in [1.165, 1.54) is 0 Å². The summed E-state index contributed by atoms with van der Waals surface area (Å²) in [6, 6.07) is 38.8. The molecule has 10 rings (SSSR count). The summed E-state index contributed by atoms with van der Waals surface area (Å²) in [5.41, 5.74) is 7.66. The monoisotopic (exact) mass is 650 g/mol. The highest BCUT2D eigenvalue weighted by molar-refractivity contribution is 6.17. The number of hydrogen-bond donors (Lipinski definition) is 0. The Morgan fingerprint density at radius 2 is 1.00 bits per heavy atom. The van der Waals surface area contributed by atoms with E-state index in [9.17, 15) is 10.5 Å². The zero-order valence-electron chi connectivity index (χ0n) is 26.4. The number of nitriles is 2. The topological polar surface area (TPSA) is 100 Å². The molecule has 0 aliphatic rings. The van der Waals surface area contributed by atoms with Gasteiger partial charge in [0.15, 0.2) is 11.4 Å². The summed E-state index contributed by atoms with van der Waals surface area (Å²) in [5, 5.41) is 24.8. The van der Waals surface area contributed by atoms with Crippen LogP contribution in [-0.4, -0.2) is 18.8 Å². The Morgan fingerprint density at radius 3 is 1.55 bits per heavy atom. The first-order chi connectivity index (χ1) is 25.1. The number of aromatic nitrogens is 4. The first-order valence-electron chi connectivity index (χ1n) is 15.9. The predicted octanol–water partition coefficient (Wildman–Crippen LogP) is 10.5. The normalized spacial score (nSPS) is 11.5. The van der Waals surface area contributed by atoms with Crippen LogP contribution in [0.25, 0.3) is 86.4 Å². The van der Waals surface area contributed by atoms with E-state index in [0.29, 0.717) is 39.6 Å². The van der Waals surface area contributed by atoms with Crippen LogP contribution in [-0.2, 0) is 0 Å². The first kappa shape index (κ1) is 28.1. The van der Waals surface area contributed by atoms with Gasteiger partial charge in [0.1, 0.15) is 34.9 Å². The van der Waals surface area contributed by atoms with Gasteiger partial charge < -0.3 is 4.74 Å². The van der Waals surface area contributed by atoms with Crippen molar-refractivity contribution in [1.29, 1.82) is 10.5 Å². The van der Waals surface area contributed by atoms with Gasteiger partial charge in [-0.3, -0.25) is 18.5 Å². The number of rotatable bonds is 2. The molecule has 232 valence electrons. The Balaban J connectivity index is 1.21. The van der Waals surface area contributed by atoms with Crippen LogP contribution < -0.4 is 4.74 Å². The van der Waals surface area contributed by atoms with Crippen molar-refractivity contribution in [3.63, 3.8) is 0 Å². The highest BCUT2D eigenvalue weighted by atomic mass is 16.5. The van der Waals surface area contributed by atoms with Crippen molar-refractivity contribution >= 4 is 88.1 Å². The molecule has 0 spiro atoms. The fraction of sp³-hybridized carbons (Fsp3) is 0. The summed E-state index contributed by atoms with van der Waals surface area (Å²) in [6.45, 7) is 15.4. The molecular weight excluding hydrogens is 633 g/mol. The number of ether oxygens (including phenoxy) is 1. The quantitative estimate of drug-likeness (QED) is 0.137. The molecular formula is C42H18N8O. The lowest BCUT2D eigenvalue weighted by molar-refractivity contribution is 0.484. The smallest absolute Gasteiger partial charge is 0.196 e. The molecule has 0 saturated carbocycles.